The van der Waals surface area contributed by atoms with Gasteiger partial charge in [0.25, 0.3) is 0 Å². The first kappa shape index (κ1) is 13.3. The number of hydrogen-bond acceptors (Lipinski definition) is 2. The monoisotopic (exact) mass is 306 g/mol. The highest BCUT2D eigenvalue weighted by molar-refractivity contribution is 6.35. The van der Waals surface area contributed by atoms with Gasteiger partial charge in [0.1, 0.15) is 11.0 Å². The van der Waals surface area contributed by atoms with Crippen LogP contribution in [0.25, 0.3) is 22.3 Å². The topological polar surface area (TPSA) is 25.8 Å². The molecule has 1 heterocycles. The number of rotatable bonds is 1. The van der Waals surface area contributed by atoms with Gasteiger partial charge in [0.15, 0.2) is 5.82 Å². The molecule has 2 nitrogen and oxygen atoms in total. The summed E-state index contributed by atoms with van der Waals surface area (Å²) in [6.45, 7) is 1.93. The quantitative estimate of drug-likeness (QED) is 0.588. The molecule has 0 bridgehead atoms. The molecule has 2 aromatic carbocycles. The summed E-state index contributed by atoms with van der Waals surface area (Å²) < 4.78 is 13.5. The third kappa shape index (κ3) is 2.13. The largest absolute Gasteiger partial charge is 0.228 e. The van der Waals surface area contributed by atoms with Gasteiger partial charge in [-0.3, -0.25) is 0 Å². The van der Waals surface area contributed by atoms with Gasteiger partial charge in [-0.15, -0.1) is 0 Å². The molecule has 100 valence electrons. The van der Waals surface area contributed by atoms with E-state index >= 15 is 0 Å². The summed E-state index contributed by atoms with van der Waals surface area (Å²) >= 11 is 12.2. The molecule has 0 aliphatic carbocycles. The SMILES string of the molecule is Cc1cccc2c(Cl)nc(-c3cccc(F)c3Cl)nc12. The van der Waals surface area contributed by atoms with Gasteiger partial charge in [0.05, 0.1) is 10.5 Å². The second-order valence-corrected chi connectivity index (χ2v) is 5.15. The third-order valence-electron chi connectivity index (χ3n) is 3.07. The Morgan fingerprint density at radius 2 is 1.75 bits per heavy atom. The molecule has 0 atom stereocenters. The highest BCUT2D eigenvalue weighted by atomic mass is 35.5. The minimum atomic E-state index is -0.506. The van der Waals surface area contributed by atoms with E-state index in [4.69, 9.17) is 23.2 Å². The Hall–Kier alpha value is -1.71. The van der Waals surface area contributed by atoms with Crippen molar-refractivity contribution in [3.8, 4) is 11.4 Å². The van der Waals surface area contributed by atoms with Gasteiger partial charge in [0.2, 0.25) is 0 Å². The molecule has 0 saturated carbocycles. The van der Waals surface area contributed by atoms with Crippen molar-refractivity contribution >= 4 is 34.1 Å². The Labute approximate surface area is 125 Å². The summed E-state index contributed by atoms with van der Waals surface area (Å²) in [7, 11) is 0. The van der Waals surface area contributed by atoms with Crippen LogP contribution in [0.2, 0.25) is 10.2 Å². The Morgan fingerprint density at radius 1 is 1.00 bits per heavy atom. The molecule has 0 amide bonds. The Balaban J connectivity index is 2.33. The lowest BCUT2D eigenvalue weighted by Gasteiger charge is -2.08. The lowest BCUT2D eigenvalue weighted by molar-refractivity contribution is 0.628. The van der Waals surface area contributed by atoms with E-state index in [1.165, 1.54) is 6.07 Å². The van der Waals surface area contributed by atoms with Crippen molar-refractivity contribution in [2.45, 2.75) is 6.92 Å². The van der Waals surface area contributed by atoms with Gasteiger partial charge in [-0.05, 0) is 30.7 Å². The summed E-state index contributed by atoms with van der Waals surface area (Å²) in [4.78, 5) is 8.68. The molecule has 0 aliphatic heterocycles. The second-order valence-electron chi connectivity index (χ2n) is 4.41. The highest BCUT2D eigenvalue weighted by Gasteiger charge is 2.14. The molecule has 0 radical (unpaired) electrons. The summed E-state index contributed by atoms with van der Waals surface area (Å²) in [5, 5.41) is 1.09. The van der Waals surface area contributed by atoms with E-state index in [1.54, 1.807) is 12.1 Å². The first-order valence-corrected chi connectivity index (χ1v) is 6.71. The van der Waals surface area contributed by atoms with Gasteiger partial charge in [-0.1, -0.05) is 41.4 Å². The zero-order valence-corrected chi connectivity index (χ0v) is 12.0. The Morgan fingerprint density at radius 3 is 2.55 bits per heavy atom. The van der Waals surface area contributed by atoms with Crippen molar-refractivity contribution < 1.29 is 4.39 Å². The minimum Gasteiger partial charge on any atom is -0.228 e. The van der Waals surface area contributed by atoms with Crippen LogP contribution in [0.1, 0.15) is 5.56 Å². The number of fused-ring (bicyclic) bond motifs is 1. The lowest BCUT2D eigenvalue weighted by atomic mass is 10.1. The Kier molecular flexibility index (Phi) is 3.32. The van der Waals surface area contributed by atoms with Crippen molar-refractivity contribution in [3.05, 3.63) is 58.0 Å². The maximum atomic E-state index is 13.5. The number of aromatic nitrogens is 2. The van der Waals surface area contributed by atoms with Crippen molar-refractivity contribution in [1.29, 1.82) is 0 Å². The second kappa shape index (κ2) is 5.00. The summed E-state index contributed by atoms with van der Waals surface area (Å²) in [6.07, 6.45) is 0. The molecule has 1 aromatic heterocycles. The molecular formula is C15H9Cl2FN2. The standard InChI is InChI=1S/C15H9Cl2FN2/c1-8-4-2-6-10-13(8)19-15(20-14(10)17)9-5-3-7-11(18)12(9)16/h2-7H,1H3. The van der Waals surface area contributed by atoms with Crippen LogP contribution < -0.4 is 0 Å². The zero-order valence-electron chi connectivity index (χ0n) is 10.5. The van der Waals surface area contributed by atoms with E-state index in [9.17, 15) is 4.39 Å². The van der Waals surface area contributed by atoms with Gasteiger partial charge >= 0.3 is 0 Å². The first-order chi connectivity index (χ1) is 9.58. The van der Waals surface area contributed by atoms with Gasteiger partial charge in [-0.25, -0.2) is 14.4 Å². The van der Waals surface area contributed by atoms with E-state index in [1.807, 2.05) is 25.1 Å². The van der Waals surface area contributed by atoms with Crippen LogP contribution in [0.3, 0.4) is 0 Å². The van der Waals surface area contributed by atoms with Crippen LogP contribution in [0, 0.1) is 12.7 Å². The highest BCUT2D eigenvalue weighted by Crippen LogP contribution is 2.31. The fourth-order valence-electron chi connectivity index (χ4n) is 2.05. The number of aryl methyl sites for hydroxylation is 1. The van der Waals surface area contributed by atoms with E-state index in [2.05, 4.69) is 9.97 Å². The van der Waals surface area contributed by atoms with Gasteiger partial charge < -0.3 is 0 Å². The number of halogens is 3. The number of nitrogens with zero attached hydrogens (tertiary/aromatic N) is 2. The van der Waals surface area contributed by atoms with Crippen LogP contribution in [0.5, 0.6) is 0 Å². The molecule has 0 unspecified atom stereocenters. The van der Waals surface area contributed by atoms with Crippen LogP contribution >= 0.6 is 23.2 Å². The normalized spacial score (nSPS) is 11.0. The van der Waals surface area contributed by atoms with E-state index < -0.39 is 5.82 Å². The summed E-state index contributed by atoms with van der Waals surface area (Å²) in [5.74, 6) is -0.185. The molecule has 0 fully saturated rings. The van der Waals surface area contributed by atoms with Crippen LogP contribution in [0.4, 0.5) is 4.39 Å². The molecule has 20 heavy (non-hydrogen) atoms. The minimum absolute atomic E-state index is 0.00324. The third-order valence-corrected chi connectivity index (χ3v) is 3.75. The molecule has 0 N–H and O–H groups in total. The van der Waals surface area contributed by atoms with Crippen molar-refractivity contribution in [3.63, 3.8) is 0 Å². The molecule has 3 aromatic rings. The molecule has 0 spiro atoms. The van der Waals surface area contributed by atoms with Crippen LogP contribution in [-0.2, 0) is 0 Å². The van der Waals surface area contributed by atoms with E-state index in [0.29, 0.717) is 16.5 Å². The first-order valence-electron chi connectivity index (χ1n) is 5.95. The number of benzene rings is 2. The molecule has 5 heteroatoms. The van der Waals surface area contributed by atoms with Crippen molar-refractivity contribution in [1.82, 2.24) is 9.97 Å². The van der Waals surface area contributed by atoms with Crippen LogP contribution in [-0.4, -0.2) is 9.97 Å². The van der Waals surface area contributed by atoms with Crippen molar-refractivity contribution in [2.75, 3.05) is 0 Å². The molecule has 3 rings (SSSR count). The summed E-state index contributed by atoms with van der Waals surface area (Å²) in [6, 6.07) is 10.2. The number of hydrogen-bond donors (Lipinski definition) is 0. The lowest BCUT2D eigenvalue weighted by Crippen LogP contribution is -1.95. The van der Waals surface area contributed by atoms with E-state index in [-0.39, 0.29) is 5.02 Å². The van der Waals surface area contributed by atoms with Crippen LogP contribution in [0.15, 0.2) is 36.4 Å². The smallest absolute Gasteiger partial charge is 0.163 e. The predicted octanol–water partition coefficient (Wildman–Crippen LogP) is 5.05. The summed E-state index contributed by atoms with van der Waals surface area (Å²) in [5.41, 5.74) is 2.14. The predicted molar refractivity (Wildman–Crippen MR) is 79.7 cm³/mol. The molecule has 0 aliphatic rings. The average molecular weight is 307 g/mol. The van der Waals surface area contributed by atoms with Gasteiger partial charge in [0, 0.05) is 10.9 Å². The maximum absolute atomic E-state index is 13.5. The number of para-hydroxylation sites is 1. The van der Waals surface area contributed by atoms with Gasteiger partial charge in [-0.2, -0.15) is 0 Å². The molecular weight excluding hydrogens is 298 g/mol. The van der Waals surface area contributed by atoms with E-state index in [0.717, 1.165) is 16.5 Å². The maximum Gasteiger partial charge on any atom is 0.163 e. The zero-order chi connectivity index (χ0) is 14.3. The fraction of sp³-hybridized carbons (Fsp3) is 0.0667. The average Bonchev–Trinajstić information content (AvgIpc) is 2.43. The Bertz CT molecular complexity index is 818. The fourth-order valence-corrected chi connectivity index (χ4v) is 2.50. The van der Waals surface area contributed by atoms with Crippen molar-refractivity contribution in [2.24, 2.45) is 0 Å². The molecule has 0 saturated heterocycles.